The molecule has 17 heavy (non-hydrogen) atoms. The highest BCUT2D eigenvalue weighted by Crippen LogP contribution is 2.33. The van der Waals surface area contributed by atoms with Gasteiger partial charge in [0.05, 0.1) is 11.1 Å². The van der Waals surface area contributed by atoms with E-state index in [4.69, 9.17) is 5.73 Å². The normalized spacial score (nSPS) is 19.6. The smallest absolute Gasteiger partial charge is 0.177 e. The van der Waals surface area contributed by atoms with Crippen LogP contribution in [-0.4, -0.2) is 15.0 Å². The van der Waals surface area contributed by atoms with Crippen LogP contribution in [-0.2, 0) is 5.54 Å². The Bertz CT molecular complexity index is 542. The van der Waals surface area contributed by atoms with E-state index in [0.717, 1.165) is 34.3 Å². The van der Waals surface area contributed by atoms with Crippen molar-refractivity contribution >= 4 is 27.1 Å². The van der Waals surface area contributed by atoms with E-state index in [-0.39, 0.29) is 5.54 Å². The lowest BCUT2D eigenvalue weighted by atomic mass is 9.82. The van der Waals surface area contributed by atoms with Crippen LogP contribution in [0.3, 0.4) is 0 Å². The standard InChI is InChI=1S/C12H15BrN4/c13-8-6-9-10(15-7-8)17-11(16-9)12(14)4-2-1-3-5-12/h6-7H,1-5,14H2,(H,15,16,17). The Morgan fingerprint density at radius 1 is 1.29 bits per heavy atom. The van der Waals surface area contributed by atoms with Gasteiger partial charge in [-0.05, 0) is 34.8 Å². The maximum atomic E-state index is 6.45. The summed E-state index contributed by atoms with van der Waals surface area (Å²) in [6.07, 6.45) is 7.43. The number of hydrogen-bond acceptors (Lipinski definition) is 3. The van der Waals surface area contributed by atoms with Crippen molar-refractivity contribution in [1.29, 1.82) is 0 Å². The molecule has 5 heteroatoms. The summed E-state index contributed by atoms with van der Waals surface area (Å²) < 4.78 is 0.954. The van der Waals surface area contributed by atoms with Gasteiger partial charge in [0.15, 0.2) is 5.65 Å². The van der Waals surface area contributed by atoms with Crippen molar-refractivity contribution < 1.29 is 0 Å². The van der Waals surface area contributed by atoms with Crippen LogP contribution in [0.15, 0.2) is 16.7 Å². The van der Waals surface area contributed by atoms with Gasteiger partial charge in [-0.2, -0.15) is 0 Å². The van der Waals surface area contributed by atoms with Crippen molar-refractivity contribution in [3.8, 4) is 0 Å². The molecule has 0 unspecified atom stereocenters. The molecule has 0 saturated heterocycles. The molecule has 4 nitrogen and oxygen atoms in total. The van der Waals surface area contributed by atoms with Crippen LogP contribution in [0.2, 0.25) is 0 Å². The predicted molar refractivity (Wildman–Crippen MR) is 70.5 cm³/mol. The second kappa shape index (κ2) is 4.07. The number of halogens is 1. The van der Waals surface area contributed by atoms with E-state index in [1.165, 1.54) is 19.3 Å². The van der Waals surface area contributed by atoms with Crippen LogP contribution < -0.4 is 5.73 Å². The number of hydrogen-bond donors (Lipinski definition) is 2. The first kappa shape index (κ1) is 11.2. The molecule has 0 aliphatic heterocycles. The Morgan fingerprint density at radius 2 is 2.06 bits per heavy atom. The highest BCUT2D eigenvalue weighted by atomic mass is 79.9. The molecule has 2 aromatic heterocycles. The van der Waals surface area contributed by atoms with Gasteiger partial charge in [-0.1, -0.05) is 19.3 Å². The molecule has 2 aromatic rings. The third-order valence-electron chi connectivity index (χ3n) is 3.52. The highest BCUT2D eigenvalue weighted by molar-refractivity contribution is 9.10. The van der Waals surface area contributed by atoms with Crippen LogP contribution in [0.25, 0.3) is 11.2 Å². The Kier molecular flexibility index (Phi) is 2.67. The summed E-state index contributed by atoms with van der Waals surface area (Å²) >= 11 is 3.41. The number of fused-ring (bicyclic) bond motifs is 1. The van der Waals surface area contributed by atoms with E-state index in [1.54, 1.807) is 6.20 Å². The molecule has 0 bridgehead atoms. The fraction of sp³-hybridized carbons (Fsp3) is 0.500. The number of nitrogens with one attached hydrogen (secondary N) is 1. The van der Waals surface area contributed by atoms with Gasteiger partial charge in [-0.15, -0.1) is 0 Å². The number of aromatic nitrogens is 3. The quantitative estimate of drug-likeness (QED) is 0.850. The summed E-state index contributed by atoms with van der Waals surface area (Å²) in [4.78, 5) is 12.1. The molecule has 90 valence electrons. The third-order valence-corrected chi connectivity index (χ3v) is 3.96. The van der Waals surface area contributed by atoms with E-state index >= 15 is 0 Å². The molecule has 0 amide bonds. The molecule has 1 fully saturated rings. The molecule has 0 aromatic carbocycles. The van der Waals surface area contributed by atoms with Crippen molar-refractivity contribution in [2.45, 2.75) is 37.6 Å². The summed E-state index contributed by atoms with van der Waals surface area (Å²) in [5.41, 5.74) is 7.86. The van der Waals surface area contributed by atoms with Crippen molar-refractivity contribution in [2.75, 3.05) is 0 Å². The van der Waals surface area contributed by atoms with Crippen molar-refractivity contribution in [2.24, 2.45) is 5.73 Å². The predicted octanol–water partition coefficient (Wildman–Crippen LogP) is 2.84. The molecule has 3 N–H and O–H groups in total. The number of rotatable bonds is 1. The van der Waals surface area contributed by atoms with Crippen LogP contribution in [0, 0.1) is 0 Å². The lowest BCUT2D eigenvalue weighted by molar-refractivity contribution is 0.289. The molecule has 0 spiro atoms. The van der Waals surface area contributed by atoms with Gasteiger partial charge in [-0.3, -0.25) is 0 Å². The number of aromatic amines is 1. The summed E-state index contributed by atoms with van der Waals surface area (Å²) in [6.45, 7) is 0. The van der Waals surface area contributed by atoms with Gasteiger partial charge in [0, 0.05) is 10.7 Å². The number of pyridine rings is 1. The summed E-state index contributed by atoms with van der Waals surface area (Å²) in [6, 6.07) is 1.99. The largest absolute Gasteiger partial charge is 0.339 e. The van der Waals surface area contributed by atoms with E-state index in [2.05, 4.69) is 30.9 Å². The molecule has 3 rings (SSSR count). The number of imidazole rings is 1. The van der Waals surface area contributed by atoms with Gasteiger partial charge in [0.25, 0.3) is 0 Å². The molecular weight excluding hydrogens is 280 g/mol. The molecule has 2 heterocycles. The number of H-pyrrole nitrogens is 1. The van der Waals surface area contributed by atoms with E-state index in [9.17, 15) is 0 Å². The first-order valence-corrected chi connectivity index (χ1v) is 6.77. The van der Waals surface area contributed by atoms with Crippen LogP contribution >= 0.6 is 15.9 Å². The Labute approximate surface area is 108 Å². The van der Waals surface area contributed by atoms with Crippen molar-refractivity contribution in [1.82, 2.24) is 15.0 Å². The molecule has 1 aliphatic carbocycles. The van der Waals surface area contributed by atoms with Gasteiger partial charge in [0.2, 0.25) is 0 Å². The van der Waals surface area contributed by atoms with Gasteiger partial charge < -0.3 is 10.7 Å². The summed E-state index contributed by atoms with van der Waals surface area (Å²) in [5, 5.41) is 0. The average molecular weight is 295 g/mol. The summed E-state index contributed by atoms with van der Waals surface area (Å²) in [5.74, 6) is 0.887. The van der Waals surface area contributed by atoms with Crippen molar-refractivity contribution in [3.05, 3.63) is 22.6 Å². The zero-order valence-electron chi connectivity index (χ0n) is 9.54. The van der Waals surface area contributed by atoms with E-state index in [0.29, 0.717) is 0 Å². The lowest BCUT2D eigenvalue weighted by Crippen LogP contribution is -2.39. The zero-order chi connectivity index (χ0) is 11.9. The first-order valence-electron chi connectivity index (χ1n) is 5.98. The fourth-order valence-electron chi connectivity index (χ4n) is 2.53. The Hall–Kier alpha value is -0.940. The fourth-order valence-corrected chi connectivity index (χ4v) is 2.86. The second-order valence-corrected chi connectivity index (χ2v) is 5.74. The molecular formula is C12H15BrN4. The SMILES string of the molecule is NC1(c2nc3ncc(Br)cc3[nH]2)CCCCC1. The third kappa shape index (κ3) is 1.98. The minimum absolute atomic E-state index is 0.286. The van der Waals surface area contributed by atoms with Crippen LogP contribution in [0.5, 0.6) is 0 Å². The van der Waals surface area contributed by atoms with E-state index in [1.807, 2.05) is 6.07 Å². The first-order chi connectivity index (χ1) is 8.17. The van der Waals surface area contributed by atoms with Gasteiger partial charge in [0.1, 0.15) is 5.82 Å². The maximum absolute atomic E-state index is 6.45. The second-order valence-electron chi connectivity index (χ2n) is 4.83. The van der Waals surface area contributed by atoms with Gasteiger partial charge in [-0.25, -0.2) is 9.97 Å². The summed E-state index contributed by atoms with van der Waals surface area (Å²) in [7, 11) is 0. The minimum atomic E-state index is -0.286. The highest BCUT2D eigenvalue weighted by Gasteiger charge is 2.32. The maximum Gasteiger partial charge on any atom is 0.177 e. The topological polar surface area (TPSA) is 67.6 Å². The van der Waals surface area contributed by atoms with E-state index < -0.39 is 0 Å². The molecule has 1 saturated carbocycles. The lowest BCUT2D eigenvalue weighted by Gasteiger charge is -2.31. The monoisotopic (exact) mass is 294 g/mol. The molecule has 0 radical (unpaired) electrons. The Balaban J connectivity index is 2.05. The van der Waals surface area contributed by atoms with Crippen LogP contribution in [0.1, 0.15) is 37.9 Å². The molecule has 0 atom stereocenters. The van der Waals surface area contributed by atoms with Gasteiger partial charge >= 0.3 is 0 Å². The number of nitrogens with two attached hydrogens (primary N) is 1. The number of nitrogens with zero attached hydrogens (tertiary/aromatic N) is 2. The molecule has 1 aliphatic rings. The Morgan fingerprint density at radius 3 is 2.82 bits per heavy atom. The zero-order valence-corrected chi connectivity index (χ0v) is 11.1. The minimum Gasteiger partial charge on any atom is -0.339 e. The van der Waals surface area contributed by atoms with Crippen molar-refractivity contribution in [3.63, 3.8) is 0 Å². The van der Waals surface area contributed by atoms with Crippen LogP contribution in [0.4, 0.5) is 0 Å². The average Bonchev–Trinajstić information content (AvgIpc) is 2.73.